The summed E-state index contributed by atoms with van der Waals surface area (Å²) < 4.78 is 0. The number of carbonyl (C=O) groups is 2. The molecule has 0 saturated heterocycles. The molecule has 25 heavy (non-hydrogen) atoms. The summed E-state index contributed by atoms with van der Waals surface area (Å²) in [5.41, 5.74) is 2.38. The number of rotatable bonds is 7. The van der Waals surface area contributed by atoms with E-state index in [1.165, 1.54) is 0 Å². The van der Waals surface area contributed by atoms with Crippen molar-refractivity contribution in [3.8, 4) is 0 Å². The SMILES string of the molecule is CC(C)C(=O)Nc1ccc(CNC(=O)CC(O)c2ccccc2)cc1. The highest BCUT2D eigenvalue weighted by Gasteiger charge is 2.12. The molecule has 0 saturated carbocycles. The number of hydrogen-bond donors (Lipinski definition) is 3. The molecule has 2 amide bonds. The number of anilines is 1. The zero-order valence-corrected chi connectivity index (χ0v) is 14.5. The Bertz CT molecular complexity index is 697. The predicted molar refractivity (Wildman–Crippen MR) is 97.8 cm³/mol. The van der Waals surface area contributed by atoms with E-state index in [1.807, 2.05) is 44.2 Å². The summed E-state index contributed by atoms with van der Waals surface area (Å²) in [7, 11) is 0. The van der Waals surface area contributed by atoms with Gasteiger partial charge in [0.05, 0.1) is 12.5 Å². The van der Waals surface area contributed by atoms with Gasteiger partial charge in [-0.3, -0.25) is 9.59 Å². The maximum atomic E-state index is 12.0. The lowest BCUT2D eigenvalue weighted by molar-refractivity contribution is -0.123. The Morgan fingerprint density at radius 3 is 2.24 bits per heavy atom. The van der Waals surface area contributed by atoms with Crippen LogP contribution in [0.5, 0.6) is 0 Å². The van der Waals surface area contributed by atoms with E-state index in [4.69, 9.17) is 0 Å². The van der Waals surface area contributed by atoms with Crippen molar-refractivity contribution >= 4 is 17.5 Å². The quantitative estimate of drug-likeness (QED) is 0.725. The molecule has 0 aromatic heterocycles. The highest BCUT2D eigenvalue weighted by molar-refractivity contribution is 5.92. The number of carbonyl (C=O) groups excluding carboxylic acids is 2. The van der Waals surface area contributed by atoms with Gasteiger partial charge in [-0.05, 0) is 23.3 Å². The molecule has 2 aromatic rings. The van der Waals surface area contributed by atoms with E-state index in [2.05, 4.69) is 10.6 Å². The Morgan fingerprint density at radius 1 is 1.00 bits per heavy atom. The van der Waals surface area contributed by atoms with Crippen LogP contribution in [0, 0.1) is 5.92 Å². The van der Waals surface area contributed by atoms with Crippen molar-refractivity contribution in [3.63, 3.8) is 0 Å². The van der Waals surface area contributed by atoms with Crippen LogP contribution < -0.4 is 10.6 Å². The fourth-order valence-electron chi connectivity index (χ4n) is 2.23. The molecule has 5 nitrogen and oxygen atoms in total. The first-order valence-corrected chi connectivity index (χ1v) is 8.35. The van der Waals surface area contributed by atoms with Gasteiger partial charge in [-0.2, -0.15) is 0 Å². The fraction of sp³-hybridized carbons (Fsp3) is 0.300. The Balaban J connectivity index is 1.80. The Kier molecular flexibility index (Phi) is 6.71. The maximum absolute atomic E-state index is 12.0. The zero-order chi connectivity index (χ0) is 18.2. The number of hydrogen-bond acceptors (Lipinski definition) is 3. The maximum Gasteiger partial charge on any atom is 0.226 e. The van der Waals surface area contributed by atoms with E-state index in [1.54, 1.807) is 24.3 Å². The van der Waals surface area contributed by atoms with Crippen LogP contribution in [0.2, 0.25) is 0 Å². The molecular formula is C20H24N2O3. The molecule has 2 aromatic carbocycles. The summed E-state index contributed by atoms with van der Waals surface area (Å²) in [4.78, 5) is 23.6. The Hall–Kier alpha value is -2.66. The molecule has 0 aliphatic carbocycles. The van der Waals surface area contributed by atoms with Crippen LogP contribution >= 0.6 is 0 Å². The van der Waals surface area contributed by atoms with Crippen molar-refractivity contribution in [1.82, 2.24) is 5.32 Å². The van der Waals surface area contributed by atoms with Crippen LogP contribution in [-0.4, -0.2) is 16.9 Å². The fourth-order valence-corrected chi connectivity index (χ4v) is 2.23. The molecule has 0 radical (unpaired) electrons. The molecule has 0 fully saturated rings. The molecule has 132 valence electrons. The molecule has 1 unspecified atom stereocenters. The standard InChI is InChI=1S/C20H24N2O3/c1-14(2)20(25)22-17-10-8-15(9-11-17)13-21-19(24)12-18(23)16-6-4-3-5-7-16/h3-11,14,18,23H,12-13H2,1-2H3,(H,21,24)(H,22,25). The topological polar surface area (TPSA) is 78.4 Å². The summed E-state index contributed by atoms with van der Waals surface area (Å²) in [6.45, 7) is 4.05. The second-order valence-corrected chi connectivity index (χ2v) is 6.25. The van der Waals surface area contributed by atoms with Gasteiger partial charge in [0.1, 0.15) is 0 Å². The Morgan fingerprint density at radius 2 is 1.64 bits per heavy atom. The van der Waals surface area contributed by atoms with Crippen molar-refractivity contribution < 1.29 is 14.7 Å². The average Bonchev–Trinajstić information content (AvgIpc) is 2.61. The smallest absolute Gasteiger partial charge is 0.226 e. The van der Waals surface area contributed by atoms with Crippen LogP contribution in [0.3, 0.4) is 0 Å². The normalized spacial score (nSPS) is 11.8. The van der Waals surface area contributed by atoms with Gasteiger partial charge in [-0.1, -0.05) is 56.3 Å². The number of nitrogens with one attached hydrogen (secondary N) is 2. The van der Waals surface area contributed by atoms with Gasteiger partial charge in [-0.15, -0.1) is 0 Å². The summed E-state index contributed by atoms with van der Waals surface area (Å²) in [5, 5.41) is 15.7. The van der Waals surface area contributed by atoms with Gasteiger partial charge in [0, 0.05) is 18.2 Å². The van der Waals surface area contributed by atoms with Gasteiger partial charge in [-0.25, -0.2) is 0 Å². The van der Waals surface area contributed by atoms with E-state index < -0.39 is 6.10 Å². The van der Waals surface area contributed by atoms with E-state index in [0.29, 0.717) is 6.54 Å². The lowest BCUT2D eigenvalue weighted by Crippen LogP contribution is -2.24. The van der Waals surface area contributed by atoms with E-state index in [9.17, 15) is 14.7 Å². The third-order valence-electron chi connectivity index (χ3n) is 3.80. The first kappa shape index (κ1) is 18.7. The highest BCUT2D eigenvalue weighted by atomic mass is 16.3. The molecule has 0 spiro atoms. The molecule has 3 N–H and O–H groups in total. The van der Waals surface area contributed by atoms with Gasteiger partial charge < -0.3 is 15.7 Å². The second kappa shape index (κ2) is 8.99. The monoisotopic (exact) mass is 340 g/mol. The molecule has 0 heterocycles. The number of aliphatic hydroxyl groups excluding tert-OH is 1. The number of aliphatic hydroxyl groups is 1. The Labute approximate surface area is 148 Å². The van der Waals surface area contributed by atoms with Crippen molar-refractivity contribution in [1.29, 1.82) is 0 Å². The number of benzene rings is 2. The average molecular weight is 340 g/mol. The molecular weight excluding hydrogens is 316 g/mol. The van der Waals surface area contributed by atoms with Crippen LogP contribution in [0.1, 0.15) is 37.5 Å². The largest absolute Gasteiger partial charge is 0.388 e. The third kappa shape index (κ3) is 6.04. The minimum atomic E-state index is -0.810. The minimum Gasteiger partial charge on any atom is -0.388 e. The van der Waals surface area contributed by atoms with Crippen molar-refractivity contribution in [2.24, 2.45) is 5.92 Å². The summed E-state index contributed by atoms with van der Waals surface area (Å²) in [5.74, 6) is -0.320. The number of amides is 2. The zero-order valence-electron chi connectivity index (χ0n) is 14.5. The van der Waals surface area contributed by atoms with E-state index in [0.717, 1.165) is 16.8 Å². The highest BCUT2D eigenvalue weighted by Crippen LogP contribution is 2.16. The summed E-state index contributed by atoms with van der Waals surface area (Å²) in [6, 6.07) is 16.4. The van der Waals surface area contributed by atoms with Gasteiger partial charge >= 0.3 is 0 Å². The van der Waals surface area contributed by atoms with Crippen molar-refractivity contribution in [2.45, 2.75) is 32.9 Å². The summed E-state index contributed by atoms with van der Waals surface area (Å²) >= 11 is 0. The van der Waals surface area contributed by atoms with Gasteiger partial charge in [0.25, 0.3) is 0 Å². The van der Waals surface area contributed by atoms with E-state index >= 15 is 0 Å². The van der Waals surface area contributed by atoms with Crippen molar-refractivity contribution in [2.75, 3.05) is 5.32 Å². The lowest BCUT2D eigenvalue weighted by atomic mass is 10.1. The molecule has 1 atom stereocenters. The van der Waals surface area contributed by atoms with Crippen LogP contribution in [-0.2, 0) is 16.1 Å². The molecule has 0 aliphatic heterocycles. The van der Waals surface area contributed by atoms with Crippen molar-refractivity contribution in [3.05, 3.63) is 65.7 Å². The first-order chi connectivity index (χ1) is 12.0. The predicted octanol–water partition coefficient (Wildman–Crippen LogP) is 3.02. The van der Waals surface area contributed by atoms with Crippen LogP contribution in [0.4, 0.5) is 5.69 Å². The second-order valence-electron chi connectivity index (χ2n) is 6.25. The molecule has 0 aliphatic rings. The molecule has 0 bridgehead atoms. The summed E-state index contributed by atoms with van der Waals surface area (Å²) in [6.07, 6.45) is -0.790. The van der Waals surface area contributed by atoms with E-state index in [-0.39, 0.29) is 24.2 Å². The lowest BCUT2D eigenvalue weighted by Gasteiger charge is -2.12. The van der Waals surface area contributed by atoms with Crippen LogP contribution in [0.15, 0.2) is 54.6 Å². The van der Waals surface area contributed by atoms with Gasteiger partial charge in [0.15, 0.2) is 0 Å². The minimum absolute atomic E-state index is 0.0204. The third-order valence-corrected chi connectivity index (χ3v) is 3.80. The molecule has 2 rings (SSSR count). The first-order valence-electron chi connectivity index (χ1n) is 8.35. The van der Waals surface area contributed by atoms with Crippen LogP contribution in [0.25, 0.3) is 0 Å². The van der Waals surface area contributed by atoms with Gasteiger partial charge in [0.2, 0.25) is 11.8 Å². The molecule has 5 heteroatoms.